The zero-order valence-electron chi connectivity index (χ0n) is 8.97. The quantitative estimate of drug-likeness (QED) is 0.646. The van der Waals surface area contributed by atoms with Crippen LogP contribution in [0.4, 0.5) is 0 Å². The van der Waals surface area contributed by atoms with Gasteiger partial charge >= 0.3 is 0 Å². The van der Waals surface area contributed by atoms with Gasteiger partial charge in [-0.05, 0) is 39.3 Å². The molecule has 0 fully saturated rings. The van der Waals surface area contributed by atoms with Crippen LogP contribution in [0, 0.1) is 25.2 Å². The highest BCUT2D eigenvalue weighted by atomic mass is 14.9. The number of nitrogens with zero attached hydrogens (tertiary/aromatic N) is 2. The van der Waals surface area contributed by atoms with Gasteiger partial charge in [-0.15, -0.1) is 0 Å². The molecule has 0 saturated carbocycles. The van der Waals surface area contributed by atoms with Gasteiger partial charge in [-0.2, -0.15) is 5.26 Å². The Morgan fingerprint density at radius 1 is 1.38 bits per heavy atom. The van der Waals surface area contributed by atoms with Crippen molar-refractivity contribution in [1.82, 2.24) is 4.57 Å². The van der Waals surface area contributed by atoms with Crippen LogP contribution in [0.15, 0.2) is 6.07 Å². The van der Waals surface area contributed by atoms with Crippen LogP contribution >= 0.6 is 0 Å². The van der Waals surface area contributed by atoms with Gasteiger partial charge in [0.05, 0.1) is 11.5 Å². The Morgan fingerprint density at radius 2 is 1.92 bits per heavy atom. The number of nitriles is 1. The van der Waals surface area contributed by atoms with Crippen molar-refractivity contribution in [3.05, 3.63) is 23.0 Å². The predicted octanol–water partition coefficient (Wildman–Crippen LogP) is 2.44. The summed E-state index contributed by atoms with van der Waals surface area (Å²) >= 11 is 0. The molecule has 1 aromatic rings. The van der Waals surface area contributed by atoms with Crippen molar-refractivity contribution >= 4 is 0 Å². The van der Waals surface area contributed by atoms with E-state index in [0.717, 1.165) is 5.56 Å². The Hall–Kier alpha value is -1.23. The van der Waals surface area contributed by atoms with E-state index in [0.29, 0.717) is 0 Å². The number of rotatable bonds is 1. The molecule has 0 saturated heterocycles. The molecule has 0 atom stereocenters. The average molecular weight is 176 g/mol. The lowest BCUT2D eigenvalue weighted by molar-refractivity contribution is 0.674. The van der Waals surface area contributed by atoms with Crippen LogP contribution in [0.3, 0.4) is 0 Å². The second-order valence-corrected chi connectivity index (χ2v) is 4.08. The Bertz CT molecular complexity index is 364. The molecule has 0 N–H and O–H groups in total. The van der Waals surface area contributed by atoms with Crippen LogP contribution < -0.4 is 0 Å². The molecular formula is C11H16N2. The molecule has 2 heteroatoms. The number of aryl methyl sites for hydroxylation is 1. The van der Waals surface area contributed by atoms with E-state index < -0.39 is 0 Å². The van der Waals surface area contributed by atoms with Crippen molar-refractivity contribution in [2.24, 2.45) is 7.05 Å². The number of hydrogen-bond donors (Lipinski definition) is 0. The minimum Gasteiger partial charge on any atom is -0.352 e. The Kier molecular flexibility index (Phi) is 2.21. The first kappa shape index (κ1) is 9.85. The smallest absolute Gasteiger partial charge is 0.0783 e. The van der Waals surface area contributed by atoms with Gasteiger partial charge in [-0.1, -0.05) is 0 Å². The maximum Gasteiger partial charge on any atom is 0.0783 e. The molecule has 13 heavy (non-hydrogen) atoms. The number of aromatic nitrogens is 1. The predicted molar refractivity (Wildman–Crippen MR) is 53.5 cm³/mol. The summed E-state index contributed by atoms with van der Waals surface area (Å²) in [4.78, 5) is 0. The SMILES string of the molecule is Cc1cc(C(C)(C)C#N)c(C)n1C. The molecule has 70 valence electrons. The molecule has 0 aliphatic rings. The first-order valence-electron chi connectivity index (χ1n) is 4.45. The van der Waals surface area contributed by atoms with Crippen molar-refractivity contribution in [3.8, 4) is 6.07 Å². The van der Waals surface area contributed by atoms with E-state index in [9.17, 15) is 0 Å². The molecule has 0 amide bonds. The Labute approximate surface area is 79.8 Å². The highest BCUT2D eigenvalue weighted by molar-refractivity contribution is 5.37. The third-order valence-corrected chi connectivity index (χ3v) is 2.73. The zero-order valence-corrected chi connectivity index (χ0v) is 8.97. The number of hydrogen-bond acceptors (Lipinski definition) is 1. The molecule has 1 heterocycles. The van der Waals surface area contributed by atoms with Crippen molar-refractivity contribution in [1.29, 1.82) is 5.26 Å². The van der Waals surface area contributed by atoms with Crippen LogP contribution in [0.5, 0.6) is 0 Å². The molecular weight excluding hydrogens is 160 g/mol. The van der Waals surface area contributed by atoms with Gasteiger partial charge in [0, 0.05) is 18.4 Å². The summed E-state index contributed by atoms with van der Waals surface area (Å²) < 4.78 is 2.12. The molecule has 0 aliphatic heterocycles. The third-order valence-electron chi connectivity index (χ3n) is 2.73. The van der Waals surface area contributed by atoms with E-state index in [2.05, 4.69) is 30.6 Å². The van der Waals surface area contributed by atoms with Crippen LogP contribution in [0.25, 0.3) is 0 Å². The molecule has 0 spiro atoms. The summed E-state index contributed by atoms with van der Waals surface area (Å²) in [6.45, 7) is 8.02. The first-order chi connectivity index (χ1) is 5.90. The topological polar surface area (TPSA) is 28.7 Å². The molecule has 0 bridgehead atoms. The first-order valence-corrected chi connectivity index (χ1v) is 4.45. The van der Waals surface area contributed by atoms with Crippen LogP contribution in [0.1, 0.15) is 30.8 Å². The lowest BCUT2D eigenvalue weighted by Gasteiger charge is -2.15. The van der Waals surface area contributed by atoms with Crippen molar-refractivity contribution in [2.45, 2.75) is 33.1 Å². The second-order valence-electron chi connectivity index (χ2n) is 4.08. The van der Waals surface area contributed by atoms with Gasteiger partial charge in [0.25, 0.3) is 0 Å². The summed E-state index contributed by atoms with van der Waals surface area (Å²) in [5, 5.41) is 9.01. The highest BCUT2D eigenvalue weighted by Crippen LogP contribution is 2.27. The van der Waals surface area contributed by atoms with Crippen LogP contribution in [-0.4, -0.2) is 4.57 Å². The summed E-state index contributed by atoms with van der Waals surface area (Å²) in [7, 11) is 2.03. The standard InChI is InChI=1S/C11H16N2/c1-8-6-10(9(2)13(8)5)11(3,4)7-12/h6H,1-5H3. The maximum absolute atomic E-state index is 9.01. The molecule has 0 aromatic carbocycles. The zero-order chi connectivity index (χ0) is 10.2. The lowest BCUT2D eigenvalue weighted by Crippen LogP contribution is -2.14. The monoisotopic (exact) mass is 176 g/mol. The van der Waals surface area contributed by atoms with Crippen molar-refractivity contribution in [2.75, 3.05) is 0 Å². The summed E-state index contributed by atoms with van der Waals surface area (Å²) in [6.07, 6.45) is 0. The lowest BCUT2D eigenvalue weighted by atomic mass is 9.86. The fourth-order valence-corrected chi connectivity index (χ4v) is 1.55. The molecule has 0 aliphatic carbocycles. The van der Waals surface area contributed by atoms with Crippen LogP contribution in [-0.2, 0) is 12.5 Å². The Balaban J connectivity index is 3.34. The van der Waals surface area contributed by atoms with Gasteiger partial charge in [0.2, 0.25) is 0 Å². The normalized spacial score (nSPS) is 11.4. The minimum absolute atomic E-state index is 0.379. The highest BCUT2D eigenvalue weighted by Gasteiger charge is 2.24. The molecule has 1 rings (SSSR count). The van der Waals surface area contributed by atoms with Gasteiger partial charge < -0.3 is 4.57 Å². The second kappa shape index (κ2) is 2.92. The fraction of sp³-hybridized carbons (Fsp3) is 0.545. The van der Waals surface area contributed by atoms with E-state index in [1.807, 2.05) is 20.9 Å². The minimum atomic E-state index is -0.379. The summed E-state index contributed by atoms with van der Waals surface area (Å²) in [5.74, 6) is 0. The van der Waals surface area contributed by atoms with E-state index in [1.165, 1.54) is 11.4 Å². The molecule has 2 nitrogen and oxygen atoms in total. The maximum atomic E-state index is 9.01. The van der Waals surface area contributed by atoms with E-state index in [1.54, 1.807) is 0 Å². The van der Waals surface area contributed by atoms with Crippen molar-refractivity contribution in [3.63, 3.8) is 0 Å². The van der Waals surface area contributed by atoms with Crippen molar-refractivity contribution < 1.29 is 0 Å². The van der Waals surface area contributed by atoms with E-state index >= 15 is 0 Å². The molecule has 0 unspecified atom stereocenters. The largest absolute Gasteiger partial charge is 0.352 e. The summed E-state index contributed by atoms with van der Waals surface area (Å²) in [5.41, 5.74) is 3.14. The van der Waals surface area contributed by atoms with E-state index in [-0.39, 0.29) is 5.41 Å². The van der Waals surface area contributed by atoms with E-state index in [4.69, 9.17) is 5.26 Å². The fourth-order valence-electron chi connectivity index (χ4n) is 1.55. The molecule has 1 aromatic heterocycles. The van der Waals surface area contributed by atoms with Gasteiger partial charge in [-0.25, -0.2) is 0 Å². The van der Waals surface area contributed by atoms with Gasteiger partial charge in [0.15, 0.2) is 0 Å². The Morgan fingerprint density at radius 3 is 2.23 bits per heavy atom. The van der Waals surface area contributed by atoms with Gasteiger partial charge in [0.1, 0.15) is 0 Å². The van der Waals surface area contributed by atoms with Gasteiger partial charge in [-0.3, -0.25) is 0 Å². The summed E-state index contributed by atoms with van der Waals surface area (Å²) in [6, 6.07) is 4.42. The molecule has 0 radical (unpaired) electrons. The van der Waals surface area contributed by atoms with Crippen LogP contribution in [0.2, 0.25) is 0 Å². The average Bonchev–Trinajstić information content (AvgIpc) is 2.33. The third kappa shape index (κ3) is 1.47.